The van der Waals surface area contributed by atoms with E-state index in [2.05, 4.69) is 43.2 Å². The van der Waals surface area contributed by atoms with Crippen molar-refractivity contribution >= 4 is 27.8 Å². The lowest BCUT2D eigenvalue weighted by atomic mass is 10.1. The van der Waals surface area contributed by atoms with E-state index in [0.29, 0.717) is 5.92 Å². The minimum Gasteiger partial charge on any atom is -0.360 e. The van der Waals surface area contributed by atoms with Gasteiger partial charge in [-0.2, -0.15) is 0 Å². The van der Waals surface area contributed by atoms with Crippen LogP contribution >= 0.6 is 22.7 Å². The SMILES string of the molecule is CCCNc1nnc(-c2sc(CC)nc2C(C)C)s1. The number of rotatable bonds is 6. The average Bonchev–Trinajstić information content (AvgIpc) is 3.02. The first-order valence-electron chi connectivity index (χ1n) is 6.73. The third-order valence-electron chi connectivity index (χ3n) is 2.69. The zero-order chi connectivity index (χ0) is 13.8. The Balaban J connectivity index is 2.29. The summed E-state index contributed by atoms with van der Waals surface area (Å²) in [5.74, 6) is 0.419. The van der Waals surface area contributed by atoms with Crippen LogP contribution in [0.5, 0.6) is 0 Å². The molecule has 0 fully saturated rings. The van der Waals surface area contributed by atoms with E-state index in [4.69, 9.17) is 4.98 Å². The van der Waals surface area contributed by atoms with Crippen LogP contribution in [0.3, 0.4) is 0 Å². The Morgan fingerprint density at radius 1 is 1.16 bits per heavy atom. The number of aryl methyl sites for hydroxylation is 1. The van der Waals surface area contributed by atoms with Crippen molar-refractivity contribution in [2.24, 2.45) is 0 Å². The maximum Gasteiger partial charge on any atom is 0.206 e. The normalized spacial score (nSPS) is 11.2. The van der Waals surface area contributed by atoms with Crippen LogP contribution in [-0.2, 0) is 6.42 Å². The van der Waals surface area contributed by atoms with Crippen molar-refractivity contribution in [3.05, 3.63) is 10.7 Å². The molecule has 6 heteroatoms. The van der Waals surface area contributed by atoms with Crippen LogP contribution in [0.2, 0.25) is 0 Å². The third kappa shape index (κ3) is 3.30. The summed E-state index contributed by atoms with van der Waals surface area (Å²) in [4.78, 5) is 5.90. The zero-order valence-corrected chi connectivity index (χ0v) is 13.5. The molecule has 0 unspecified atom stereocenters. The molecule has 0 spiro atoms. The predicted octanol–water partition coefficient (Wildman–Crippen LogP) is 4.17. The van der Waals surface area contributed by atoms with E-state index in [-0.39, 0.29) is 0 Å². The number of hydrogen-bond acceptors (Lipinski definition) is 6. The smallest absolute Gasteiger partial charge is 0.206 e. The zero-order valence-electron chi connectivity index (χ0n) is 11.9. The number of nitrogens with one attached hydrogen (secondary N) is 1. The predicted molar refractivity (Wildman–Crippen MR) is 83.3 cm³/mol. The molecule has 0 radical (unpaired) electrons. The van der Waals surface area contributed by atoms with E-state index in [1.807, 2.05) is 0 Å². The monoisotopic (exact) mass is 296 g/mol. The molecule has 0 amide bonds. The molecule has 0 aliphatic rings. The second-order valence-corrected chi connectivity index (χ2v) is 6.73. The van der Waals surface area contributed by atoms with Gasteiger partial charge in [0.25, 0.3) is 0 Å². The standard InChI is InChI=1S/C13H20N4S2/c1-5-7-14-13-17-16-12(19-13)11-10(8(3)4)15-9(6-2)18-11/h8H,5-7H2,1-4H3,(H,14,17). The second-order valence-electron chi connectivity index (χ2n) is 4.67. The molecule has 4 nitrogen and oxygen atoms in total. The average molecular weight is 296 g/mol. The van der Waals surface area contributed by atoms with Crippen LogP contribution in [0.4, 0.5) is 5.13 Å². The number of hydrogen-bond donors (Lipinski definition) is 1. The lowest BCUT2D eigenvalue weighted by Crippen LogP contribution is -1.98. The van der Waals surface area contributed by atoms with Gasteiger partial charge in [-0.25, -0.2) is 4.98 Å². The molecule has 2 rings (SSSR count). The van der Waals surface area contributed by atoms with Crippen LogP contribution in [0.15, 0.2) is 0 Å². The first-order valence-corrected chi connectivity index (χ1v) is 8.36. The summed E-state index contributed by atoms with van der Waals surface area (Å²) in [5, 5.41) is 14.9. The highest BCUT2D eigenvalue weighted by molar-refractivity contribution is 7.23. The summed E-state index contributed by atoms with van der Waals surface area (Å²) in [6.45, 7) is 9.57. The lowest BCUT2D eigenvalue weighted by Gasteiger charge is -2.01. The van der Waals surface area contributed by atoms with Crippen molar-refractivity contribution in [3.8, 4) is 9.88 Å². The van der Waals surface area contributed by atoms with Gasteiger partial charge in [0.15, 0.2) is 5.01 Å². The third-order valence-corrected chi connectivity index (χ3v) is 4.94. The Labute approximate surface area is 122 Å². The Kier molecular flexibility index (Phi) is 4.87. The molecule has 0 atom stereocenters. The Morgan fingerprint density at radius 2 is 1.95 bits per heavy atom. The molecule has 1 N–H and O–H groups in total. The lowest BCUT2D eigenvalue weighted by molar-refractivity contribution is 0.824. The van der Waals surface area contributed by atoms with Crippen molar-refractivity contribution in [1.82, 2.24) is 15.2 Å². The van der Waals surface area contributed by atoms with E-state index < -0.39 is 0 Å². The molecule has 19 heavy (non-hydrogen) atoms. The molecule has 2 aromatic heterocycles. The van der Waals surface area contributed by atoms with Gasteiger partial charge in [0.2, 0.25) is 5.13 Å². The van der Waals surface area contributed by atoms with E-state index >= 15 is 0 Å². The molecule has 2 aromatic rings. The fourth-order valence-corrected chi connectivity index (χ4v) is 3.70. The van der Waals surface area contributed by atoms with Crippen molar-refractivity contribution in [1.29, 1.82) is 0 Å². The summed E-state index contributed by atoms with van der Waals surface area (Å²) in [7, 11) is 0. The number of nitrogens with zero attached hydrogens (tertiary/aromatic N) is 3. The van der Waals surface area contributed by atoms with E-state index in [9.17, 15) is 0 Å². The van der Waals surface area contributed by atoms with Crippen molar-refractivity contribution in [2.45, 2.75) is 46.5 Å². The van der Waals surface area contributed by atoms with E-state index in [1.165, 1.54) is 9.88 Å². The number of aromatic nitrogens is 3. The summed E-state index contributed by atoms with van der Waals surface area (Å²) in [6, 6.07) is 0. The highest BCUT2D eigenvalue weighted by atomic mass is 32.1. The van der Waals surface area contributed by atoms with Crippen molar-refractivity contribution in [2.75, 3.05) is 11.9 Å². The molecule has 0 aromatic carbocycles. The summed E-state index contributed by atoms with van der Waals surface area (Å²) in [6.07, 6.45) is 2.07. The highest BCUT2D eigenvalue weighted by Crippen LogP contribution is 2.37. The maximum atomic E-state index is 4.71. The summed E-state index contributed by atoms with van der Waals surface area (Å²) < 4.78 is 0. The Morgan fingerprint density at radius 3 is 2.58 bits per heavy atom. The van der Waals surface area contributed by atoms with Crippen molar-refractivity contribution < 1.29 is 0 Å². The van der Waals surface area contributed by atoms with Gasteiger partial charge >= 0.3 is 0 Å². The quantitative estimate of drug-likeness (QED) is 0.869. The molecule has 0 aliphatic heterocycles. The van der Waals surface area contributed by atoms with Crippen LogP contribution in [0, 0.1) is 0 Å². The first kappa shape index (κ1) is 14.4. The first-order chi connectivity index (χ1) is 9.15. The summed E-state index contributed by atoms with van der Waals surface area (Å²) in [5.41, 5.74) is 1.15. The Bertz CT molecular complexity index is 530. The van der Waals surface area contributed by atoms with Gasteiger partial charge in [0.1, 0.15) is 0 Å². The van der Waals surface area contributed by atoms with Gasteiger partial charge < -0.3 is 5.32 Å². The Hall–Kier alpha value is -1.01. The molecule has 0 saturated carbocycles. The topological polar surface area (TPSA) is 50.7 Å². The van der Waals surface area contributed by atoms with E-state index in [0.717, 1.165) is 35.2 Å². The highest BCUT2D eigenvalue weighted by Gasteiger charge is 2.18. The fraction of sp³-hybridized carbons (Fsp3) is 0.615. The van der Waals surface area contributed by atoms with Crippen LogP contribution in [-0.4, -0.2) is 21.7 Å². The minimum atomic E-state index is 0.419. The fourth-order valence-electron chi connectivity index (χ4n) is 1.69. The van der Waals surface area contributed by atoms with Crippen molar-refractivity contribution in [3.63, 3.8) is 0 Å². The van der Waals surface area contributed by atoms with Gasteiger partial charge in [0, 0.05) is 6.54 Å². The van der Waals surface area contributed by atoms with Gasteiger partial charge in [-0.3, -0.25) is 0 Å². The second kappa shape index (κ2) is 6.43. The van der Waals surface area contributed by atoms with Gasteiger partial charge in [0.05, 0.1) is 15.6 Å². The molecule has 0 saturated heterocycles. The molecule has 0 bridgehead atoms. The molecular formula is C13H20N4S2. The van der Waals surface area contributed by atoms with Gasteiger partial charge in [-0.15, -0.1) is 21.5 Å². The largest absolute Gasteiger partial charge is 0.360 e. The van der Waals surface area contributed by atoms with Crippen LogP contribution in [0.1, 0.15) is 50.7 Å². The molecular weight excluding hydrogens is 276 g/mol. The molecule has 0 aliphatic carbocycles. The minimum absolute atomic E-state index is 0.419. The number of thiazole rings is 1. The van der Waals surface area contributed by atoms with Gasteiger partial charge in [-0.1, -0.05) is 39.0 Å². The van der Waals surface area contributed by atoms with Crippen LogP contribution in [0.25, 0.3) is 9.88 Å². The van der Waals surface area contributed by atoms with Gasteiger partial charge in [-0.05, 0) is 18.8 Å². The van der Waals surface area contributed by atoms with E-state index in [1.54, 1.807) is 22.7 Å². The molecule has 2 heterocycles. The van der Waals surface area contributed by atoms with Crippen LogP contribution < -0.4 is 5.32 Å². The molecule has 104 valence electrons. The number of anilines is 1. The maximum absolute atomic E-state index is 4.71. The summed E-state index contributed by atoms with van der Waals surface area (Å²) >= 11 is 3.37.